The Kier molecular flexibility index (Phi) is 5.52. The number of benzene rings is 2. The van der Waals surface area contributed by atoms with Crippen LogP contribution in [0.3, 0.4) is 0 Å². The van der Waals surface area contributed by atoms with E-state index in [2.05, 4.69) is 63.6 Å². The van der Waals surface area contributed by atoms with Gasteiger partial charge >= 0.3 is 0 Å². The molecule has 0 spiro atoms. The third-order valence-corrected chi connectivity index (χ3v) is 7.28. The lowest BCUT2D eigenvalue weighted by atomic mass is 10.1. The van der Waals surface area contributed by atoms with Crippen molar-refractivity contribution >= 4 is 16.6 Å². The maximum atomic E-state index is 6.02. The quantitative estimate of drug-likeness (QED) is 0.570. The molecule has 2 aromatic carbocycles. The standard InChI is InChI=1S/C20H26O2Si2/c1-7-23(3,4)21-19-13-9-17(10-14-19)18-11-15-20(16-12-18)22-24(5,6)8-2/h7-16H,1-2H2,3-6H3. The molecule has 0 radical (unpaired) electrons. The summed E-state index contributed by atoms with van der Waals surface area (Å²) in [6, 6.07) is 16.4. The molecule has 0 fully saturated rings. The van der Waals surface area contributed by atoms with Crippen molar-refractivity contribution in [2.45, 2.75) is 26.2 Å². The first-order valence-electron chi connectivity index (χ1n) is 8.10. The molecule has 2 aromatic rings. The SMILES string of the molecule is C=C[Si](C)(C)Oc1ccc(-c2ccc(O[Si](C)(C)C=C)cc2)cc1. The Balaban J connectivity index is 2.12. The Bertz CT molecular complexity index is 638. The van der Waals surface area contributed by atoms with Crippen LogP contribution >= 0.6 is 0 Å². The molecule has 4 heteroatoms. The molecule has 0 aliphatic carbocycles. The second-order valence-corrected chi connectivity index (χ2v) is 14.5. The van der Waals surface area contributed by atoms with Gasteiger partial charge in [0, 0.05) is 0 Å². The third-order valence-electron chi connectivity index (χ3n) is 3.79. The van der Waals surface area contributed by atoms with Crippen molar-refractivity contribution in [3.8, 4) is 22.6 Å². The molecule has 24 heavy (non-hydrogen) atoms. The van der Waals surface area contributed by atoms with Crippen LogP contribution in [0.4, 0.5) is 0 Å². The summed E-state index contributed by atoms with van der Waals surface area (Å²) in [5.74, 6) is 1.79. The number of hydrogen-bond acceptors (Lipinski definition) is 2. The van der Waals surface area contributed by atoms with Crippen LogP contribution in [-0.4, -0.2) is 16.6 Å². The first kappa shape index (κ1) is 18.3. The van der Waals surface area contributed by atoms with Gasteiger partial charge in [-0.2, -0.15) is 0 Å². The highest BCUT2D eigenvalue weighted by Gasteiger charge is 2.20. The topological polar surface area (TPSA) is 18.5 Å². The van der Waals surface area contributed by atoms with Gasteiger partial charge in [0.15, 0.2) is 0 Å². The molecular formula is C20H26O2Si2. The van der Waals surface area contributed by atoms with E-state index >= 15 is 0 Å². The Morgan fingerprint density at radius 3 is 1.17 bits per heavy atom. The van der Waals surface area contributed by atoms with Crippen LogP contribution < -0.4 is 8.85 Å². The van der Waals surface area contributed by atoms with Gasteiger partial charge in [0.25, 0.3) is 16.6 Å². The number of rotatable bonds is 7. The summed E-state index contributed by atoms with van der Waals surface area (Å²) in [5.41, 5.74) is 6.20. The molecule has 0 aliphatic heterocycles. The van der Waals surface area contributed by atoms with Crippen LogP contribution in [-0.2, 0) is 0 Å². The molecule has 0 amide bonds. The average molecular weight is 355 g/mol. The first-order chi connectivity index (χ1) is 11.2. The van der Waals surface area contributed by atoms with Gasteiger partial charge < -0.3 is 8.85 Å². The molecule has 0 atom stereocenters. The molecule has 0 aliphatic rings. The zero-order valence-electron chi connectivity index (χ0n) is 15.0. The lowest BCUT2D eigenvalue weighted by molar-refractivity contribution is 0.562. The summed E-state index contributed by atoms with van der Waals surface area (Å²) in [6.07, 6.45) is 0. The highest BCUT2D eigenvalue weighted by Crippen LogP contribution is 2.26. The second kappa shape index (κ2) is 7.24. The van der Waals surface area contributed by atoms with Crippen molar-refractivity contribution in [3.63, 3.8) is 0 Å². The summed E-state index contributed by atoms with van der Waals surface area (Å²) in [4.78, 5) is 0. The molecule has 2 rings (SSSR count). The van der Waals surface area contributed by atoms with Crippen LogP contribution in [0.2, 0.25) is 26.2 Å². The summed E-state index contributed by atoms with van der Waals surface area (Å²) in [6.45, 7) is 16.2. The fourth-order valence-corrected chi connectivity index (χ4v) is 3.78. The van der Waals surface area contributed by atoms with Crippen molar-refractivity contribution in [2.24, 2.45) is 0 Å². The van der Waals surface area contributed by atoms with E-state index in [0.29, 0.717) is 0 Å². The minimum Gasteiger partial charge on any atom is -0.540 e. The van der Waals surface area contributed by atoms with Gasteiger partial charge in [-0.25, -0.2) is 0 Å². The molecule has 0 unspecified atom stereocenters. The van der Waals surface area contributed by atoms with Crippen LogP contribution in [0.1, 0.15) is 0 Å². The lowest BCUT2D eigenvalue weighted by Gasteiger charge is -2.20. The molecule has 0 saturated carbocycles. The molecule has 0 saturated heterocycles. The highest BCUT2D eigenvalue weighted by molar-refractivity contribution is 6.77. The summed E-state index contributed by atoms with van der Waals surface area (Å²) < 4.78 is 12.0. The van der Waals surface area contributed by atoms with E-state index in [0.717, 1.165) is 22.6 Å². The second-order valence-electron chi connectivity index (χ2n) is 6.87. The summed E-state index contributed by atoms with van der Waals surface area (Å²) in [5, 5.41) is 0. The first-order valence-corrected chi connectivity index (χ1v) is 14.1. The monoisotopic (exact) mass is 354 g/mol. The van der Waals surface area contributed by atoms with E-state index in [-0.39, 0.29) is 0 Å². The van der Waals surface area contributed by atoms with Gasteiger partial charge in [-0.15, -0.1) is 13.2 Å². The molecule has 2 nitrogen and oxygen atoms in total. The van der Waals surface area contributed by atoms with E-state index in [1.807, 2.05) is 35.7 Å². The lowest BCUT2D eigenvalue weighted by Crippen LogP contribution is -2.31. The van der Waals surface area contributed by atoms with Crippen molar-refractivity contribution in [2.75, 3.05) is 0 Å². The zero-order chi connectivity index (χ0) is 17.8. The minimum atomic E-state index is -1.81. The fraction of sp³-hybridized carbons (Fsp3) is 0.200. The minimum absolute atomic E-state index is 0.897. The van der Waals surface area contributed by atoms with Crippen LogP contribution in [0.25, 0.3) is 11.1 Å². The highest BCUT2D eigenvalue weighted by atomic mass is 28.4. The zero-order valence-corrected chi connectivity index (χ0v) is 17.0. The molecule has 0 bridgehead atoms. The van der Waals surface area contributed by atoms with E-state index in [4.69, 9.17) is 8.85 Å². The maximum Gasteiger partial charge on any atom is 0.269 e. The van der Waals surface area contributed by atoms with Gasteiger partial charge in [0.1, 0.15) is 11.5 Å². The average Bonchev–Trinajstić information content (AvgIpc) is 2.56. The molecule has 0 aromatic heterocycles. The van der Waals surface area contributed by atoms with Gasteiger partial charge in [0.05, 0.1) is 0 Å². The van der Waals surface area contributed by atoms with Crippen molar-refractivity contribution in [1.29, 1.82) is 0 Å². The fourth-order valence-electron chi connectivity index (χ4n) is 2.12. The normalized spacial score (nSPS) is 11.7. The smallest absolute Gasteiger partial charge is 0.269 e. The molecule has 0 N–H and O–H groups in total. The van der Waals surface area contributed by atoms with Crippen molar-refractivity contribution in [3.05, 3.63) is 73.1 Å². The number of hydrogen-bond donors (Lipinski definition) is 0. The predicted molar refractivity (Wildman–Crippen MR) is 108 cm³/mol. The van der Waals surface area contributed by atoms with Gasteiger partial charge in [0.2, 0.25) is 0 Å². The van der Waals surface area contributed by atoms with Crippen molar-refractivity contribution in [1.82, 2.24) is 0 Å². The van der Waals surface area contributed by atoms with Crippen LogP contribution in [0.15, 0.2) is 73.1 Å². The third kappa shape index (κ3) is 4.98. The van der Waals surface area contributed by atoms with E-state index in [9.17, 15) is 0 Å². The Hall–Kier alpha value is -2.05. The summed E-state index contributed by atoms with van der Waals surface area (Å²) >= 11 is 0. The van der Waals surface area contributed by atoms with E-state index in [1.54, 1.807) is 0 Å². The maximum absolute atomic E-state index is 6.02. The predicted octanol–water partition coefficient (Wildman–Crippen LogP) is 5.97. The Morgan fingerprint density at radius 2 is 0.917 bits per heavy atom. The van der Waals surface area contributed by atoms with Crippen LogP contribution in [0.5, 0.6) is 11.5 Å². The van der Waals surface area contributed by atoms with Crippen LogP contribution in [0, 0.1) is 0 Å². The molecule has 126 valence electrons. The molecule has 0 heterocycles. The van der Waals surface area contributed by atoms with Gasteiger partial charge in [-0.05, 0) is 61.6 Å². The molecular weight excluding hydrogens is 328 g/mol. The van der Waals surface area contributed by atoms with E-state index in [1.165, 1.54) is 0 Å². The largest absolute Gasteiger partial charge is 0.540 e. The Morgan fingerprint density at radius 1 is 0.625 bits per heavy atom. The van der Waals surface area contributed by atoms with Gasteiger partial charge in [-0.1, -0.05) is 35.7 Å². The summed E-state index contributed by atoms with van der Waals surface area (Å²) in [7, 11) is -3.61. The Labute approximate surface area is 147 Å². The van der Waals surface area contributed by atoms with Gasteiger partial charge in [-0.3, -0.25) is 0 Å². The van der Waals surface area contributed by atoms with E-state index < -0.39 is 16.6 Å². The van der Waals surface area contributed by atoms with Crippen molar-refractivity contribution < 1.29 is 8.85 Å².